The van der Waals surface area contributed by atoms with Crippen molar-refractivity contribution >= 4 is 34.6 Å². The molecule has 3 aromatic rings. The number of methoxy groups -OCH3 is 1. The molecule has 0 bridgehead atoms. The number of aromatic nitrogens is 1. The molecule has 2 aromatic carbocycles. The van der Waals surface area contributed by atoms with Gasteiger partial charge in [0.2, 0.25) is 5.91 Å². The van der Waals surface area contributed by atoms with Crippen molar-refractivity contribution in [3.05, 3.63) is 72.1 Å². The monoisotopic (exact) mass is 390 g/mol. The van der Waals surface area contributed by atoms with Crippen LogP contribution in [0.3, 0.4) is 0 Å². The standard InChI is InChI=1S/C22H22N4O3/c1-14-7-8-21(29-3)19(11-14)25-18-9-10-23-20(13-18)22(28)26-17-6-4-5-16(12-17)24-15(2)27/h4-13H,1-3H3,(H,23,25)(H,24,27)(H,26,28). The van der Waals surface area contributed by atoms with Crippen LogP contribution in [0.2, 0.25) is 0 Å². The largest absolute Gasteiger partial charge is 0.495 e. The lowest BCUT2D eigenvalue weighted by molar-refractivity contribution is -0.114. The SMILES string of the molecule is COc1ccc(C)cc1Nc1ccnc(C(=O)Nc2cccc(NC(C)=O)c2)c1. The van der Waals surface area contributed by atoms with Gasteiger partial charge < -0.3 is 20.7 Å². The van der Waals surface area contributed by atoms with E-state index in [1.807, 2.05) is 25.1 Å². The summed E-state index contributed by atoms with van der Waals surface area (Å²) in [6.45, 7) is 3.42. The van der Waals surface area contributed by atoms with Crippen molar-refractivity contribution < 1.29 is 14.3 Å². The number of rotatable bonds is 6. The van der Waals surface area contributed by atoms with E-state index in [9.17, 15) is 9.59 Å². The Hall–Kier alpha value is -3.87. The molecule has 0 aliphatic rings. The lowest BCUT2D eigenvalue weighted by Gasteiger charge is -2.13. The summed E-state index contributed by atoms with van der Waals surface area (Å²) in [5.74, 6) is 0.165. The number of pyridine rings is 1. The molecule has 7 heteroatoms. The fraction of sp³-hybridized carbons (Fsp3) is 0.136. The van der Waals surface area contributed by atoms with Crippen LogP contribution in [0.25, 0.3) is 0 Å². The van der Waals surface area contributed by atoms with Gasteiger partial charge in [0, 0.05) is 30.2 Å². The predicted molar refractivity (Wildman–Crippen MR) is 114 cm³/mol. The normalized spacial score (nSPS) is 10.2. The summed E-state index contributed by atoms with van der Waals surface area (Å²) < 4.78 is 5.38. The Labute approximate surface area is 169 Å². The van der Waals surface area contributed by atoms with Gasteiger partial charge in [-0.05, 0) is 55.0 Å². The number of nitrogens with zero attached hydrogens (tertiary/aromatic N) is 1. The third-order valence-electron chi connectivity index (χ3n) is 4.07. The third kappa shape index (κ3) is 5.32. The lowest BCUT2D eigenvalue weighted by atomic mass is 10.2. The maximum absolute atomic E-state index is 12.6. The van der Waals surface area contributed by atoms with Gasteiger partial charge in [-0.25, -0.2) is 0 Å². The van der Waals surface area contributed by atoms with E-state index in [4.69, 9.17) is 4.74 Å². The summed E-state index contributed by atoms with van der Waals surface area (Å²) in [7, 11) is 1.61. The highest BCUT2D eigenvalue weighted by molar-refractivity contribution is 6.04. The van der Waals surface area contributed by atoms with E-state index < -0.39 is 0 Å². The molecule has 29 heavy (non-hydrogen) atoms. The van der Waals surface area contributed by atoms with Crippen LogP contribution < -0.4 is 20.7 Å². The Morgan fingerprint density at radius 2 is 1.69 bits per heavy atom. The van der Waals surface area contributed by atoms with Gasteiger partial charge in [0.1, 0.15) is 11.4 Å². The van der Waals surface area contributed by atoms with Gasteiger partial charge in [-0.1, -0.05) is 12.1 Å². The Balaban J connectivity index is 1.76. The molecule has 3 N–H and O–H groups in total. The van der Waals surface area contributed by atoms with Gasteiger partial charge in [0.05, 0.1) is 12.8 Å². The van der Waals surface area contributed by atoms with Gasteiger partial charge >= 0.3 is 0 Å². The lowest BCUT2D eigenvalue weighted by Crippen LogP contribution is -2.14. The second-order valence-corrected chi connectivity index (χ2v) is 6.47. The summed E-state index contributed by atoms with van der Waals surface area (Å²) in [4.78, 5) is 28.0. The molecule has 0 saturated heterocycles. The van der Waals surface area contributed by atoms with Crippen LogP contribution in [0, 0.1) is 6.92 Å². The molecular weight excluding hydrogens is 368 g/mol. The summed E-state index contributed by atoms with van der Waals surface area (Å²) >= 11 is 0. The zero-order chi connectivity index (χ0) is 20.8. The van der Waals surface area contributed by atoms with E-state index in [2.05, 4.69) is 20.9 Å². The van der Waals surface area contributed by atoms with Crippen LogP contribution in [-0.4, -0.2) is 23.9 Å². The maximum Gasteiger partial charge on any atom is 0.274 e. The molecule has 148 valence electrons. The number of nitrogens with one attached hydrogen (secondary N) is 3. The number of amides is 2. The number of aryl methyl sites for hydroxylation is 1. The van der Waals surface area contributed by atoms with Crippen molar-refractivity contribution in [2.75, 3.05) is 23.1 Å². The van der Waals surface area contributed by atoms with Crippen LogP contribution in [-0.2, 0) is 4.79 Å². The molecular formula is C22H22N4O3. The average molecular weight is 390 g/mol. The molecule has 0 unspecified atom stereocenters. The van der Waals surface area contributed by atoms with Crippen molar-refractivity contribution in [3.8, 4) is 5.75 Å². The van der Waals surface area contributed by atoms with Crippen molar-refractivity contribution in [2.45, 2.75) is 13.8 Å². The molecule has 0 spiro atoms. The van der Waals surface area contributed by atoms with Crippen LogP contribution in [0.1, 0.15) is 23.0 Å². The minimum atomic E-state index is -0.357. The fourth-order valence-corrected chi connectivity index (χ4v) is 2.78. The first kappa shape index (κ1) is 19.9. The van der Waals surface area contributed by atoms with Crippen molar-refractivity contribution in [1.29, 1.82) is 0 Å². The smallest absolute Gasteiger partial charge is 0.274 e. The fourth-order valence-electron chi connectivity index (χ4n) is 2.78. The van der Waals surface area contributed by atoms with Crippen molar-refractivity contribution in [3.63, 3.8) is 0 Å². The van der Waals surface area contributed by atoms with Gasteiger partial charge in [-0.2, -0.15) is 0 Å². The quantitative estimate of drug-likeness (QED) is 0.582. The van der Waals surface area contributed by atoms with E-state index in [0.717, 1.165) is 11.3 Å². The highest BCUT2D eigenvalue weighted by Crippen LogP contribution is 2.28. The molecule has 2 amide bonds. The summed E-state index contributed by atoms with van der Waals surface area (Å²) in [6, 6.07) is 16.2. The first-order valence-corrected chi connectivity index (χ1v) is 9.01. The summed E-state index contributed by atoms with van der Waals surface area (Å²) in [6.07, 6.45) is 1.56. The van der Waals surface area contributed by atoms with Gasteiger partial charge in [-0.15, -0.1) is 0 Å². The molecule has 0 aliphatic heterocycles. The molecule has 0 aliphatic carbocycles. The average Bonchev–Trinajstić information content (AvgIpc) is 2.68. The Kier molecular flexibility index (Phi) is 6.09. The number of carbonyl (C=O) groups excluding carboxylic acids is 2. The molecule has 1 heterocycles. The minimum Gasteiger partial charge on any atom is -0.495 e. The zero-order valence-corrected chi connectivity index (χ0v) is 16.4. The van der Waals surface area contributed by atoms with Gasteiger partial charge in [0.15, 0.2) is 0 Å². The Morgan fingerprint density at radius 3 is 2.41 bits per heavy atom. The Bertz CT molecular complexity index is 1050. The number of hydrogen-bond donors (Lipinski definition) is 3. The number of hydrogen-bond acceptors (Lipinski definition) is 5. The van der Waals surface area contributed by atoms with Crippen molar-refractivity contribution in [2.24, 2.45) is 0 Å². The summed E-state index contributed by atoms with van der Waals surface area (Å²) in [5.41, 5.74) is 4.01. The highest BCUT2D eigenvalue weighted by Gasteiger charge is 2.11. The predicted octanol–water partition coefficient (Wildman–Crippen LogP) is 4.35. The van der Waals surface area contributed by atoms with E-state index in [1.54, 1.807) is 49.7 Å². The molecule has 3 rings (SSSR count). The van der Waals surface area contributed by atoms with Crippen LogP contribution in [0.5, 0.6) is 5.75 Å². The highest BCUT2D eigenvalue weighted by atomic mass is 16.5. The molecule has 0 saturated carbocycles. The van der Waals surface area contributed by atoms with Gasteiger partial charge in [-0.3, -0.25) is 14.6 Å². The third-order valence-corrected chi connectivity index (χ3v) is 4.07. The topological polar surface area (TPSA) is 92.3 Å². The van der Waals surface area contributed by atoms with E-state index in [-0.39, 0.29) is 17.5 Å². The minimum absolute atomic E-state index is 0.180. The summed E-state index contributed by atoms with van der Waals surface area (Å²) in [5, 5.41) is 8.73. The Morgan fingerprint density at radius 1 is 0.931 bits per heavy atom. The zero-order valence-electron chi connectivity index (χ0n) is 16.4. The first-order valence-electron chi connectivity index (χ1n) is 9.01. The number of ether oxygens (including phenoxy) is 1. The number of benzene rings is 2. The molecule has 1 aromatic heterocycles. The van der Waals surface area contributed by atoms with Crippen LogP contribution in [0.15, 0.2) is 60.8 Å². The van der Waals surface area contributed by atoms with E-state index >= 15 is 0 Å². The molecule has 0 atom stereocenters. The molecule has 0 fully saturated rings. The first-order chi connectivity index (χ1) is 13.9. The van der Waals surface area contributed by atoms with E-state index in [0.29, 0.717) is 22.8 Å². The van der Waals surface area contributed by atoms with Gasteiger partial charge in [0.25, 0.3) is 5.91 Å². The molecule has 7 nitrogen and oxygen atoms in total. The number of carbonyl (C=O) groups is 2. The van der Waals surface area contributed by atoms with E-state index in [1.165, 1.54) is 6.92 Å². The van der Waals surface area contributed by atoms with Crippen LogP contribution >= 0.6 is 0 Å². The second kappa shape index (κ2) is 8.88. The van der Waals surface area contributed by atoms with Crippen LogP contribution in [0.4, 0.5) is 22.7 Å². The second-order valence-electron chi connectivity index (χ2n) is 6.47. The van der Waals surface area contributed by atoms with Crippen molar-refractivity contribution in [1.82, 2.24) is 4.98 Å². The number of anilines is 4. The maximum atomic E-state index is 12.6. The molecule has 0 radical (unpaired) electrons.